The molecule has 14 heavy (non-hydrogen) atoms. The van der Waals surface area contributed by atoms with Crippen molar-refractivity contribution in [2.45, 2.75) is 32.3 Å². The van der Waals surface area contributed by atoms with E-state index < -0.39 is 0 Å². The van der Waals surface area contributed by atoms with Gasteiger partial charge >= 0.3 is 0 Å². The van der Waals surface area contributed by atoms with E-state index in [-0.39, 0.29) is 11.5 Å². The maximum atomic E-state index is 9.12. The van der Waals surface area contributed by atoms with Gasteiger partial charge in [-0.25, -0.2) is 0 Å². The number of rotatable bonds is 5. The lowest BCUT2D eigenvalue weighted by Gasteiger charge is -2.24. The van der Waals surface area contributed by atoms with Crippen molar-refractivity contribution in [1.82, 2.24) is 5.32 Å². The van der Waals surface area contributed by atoms with Gasteiger partial charge in [0.2, 0.25) is 0 Å². The lowest BCUT2D eigenvalue weighted by molar-refractivity contribution is 0.189. The molecule has 0 fully saturated rings. The van der Waals surface area contributed by atoms with Gasteiger partial charge < -0.3 is 10.4 Å². The largest absolute Gasteiger partial charge is 0.392 e. The highest BCUT2D eigenvalue weighted by atomic mass is 32.1. The van der Waals surface area contributed by atoms with Crippen LogP contribution >= 0.6 is 11.3 Å². The molecule has 1 heterocycles. The molecule has 2 N–H and O–H groups in total. The Hall–Kier alpha value is -0.380. The van der Waals surface area contributed by atoms with Gasteiger partial charge in [0.15, 0.2) is 0 Å². The fourth-order valence-corrected chi connectivity index (χ4v) is 2.20. The molecule has 1 atom stereocenters. The van der Waals surface area contributed by atoms with Crippen LogP contribution < -0.4 is 5.32 Å². The van der Waals surface area contributed by atoms with Crippen LogP contribution in [0.15, 0.2) is 17.5 Å². The molecule has 0 unspecified atom stereocenters. The summed E-state index contributed by atoms with van der Waals surface area (Å²) < 4.78 is 0. The van der Waals surface area contributed by atoms with E-state index in [2.05, 4.69) is 36.7 Å². The summed E-state index contributed by atoms with van der Waals surface area (Å²) in [5, 5.41) is 14.5. The van der Waals surface area contributed by atoms with E-state index in [9.17, 15) is 0 Å². The van der Waals surface area contributed by atoms with Crippen molar-refractivity contribution in [2.24, 2.45) is 0 Å². The van der Waals surface area contributed by atoms with Gasteiger partial charge in [-0.2, -0.15) is 0 Å². The Kier molecular flexibility index (Phi) is 4.11. The molecule has 0 radical (unpaired) electrons. The third-order valence-corrected chi connectivity index (χ3v) is 3.43. The summed E-state index contributed by atoms with van der Waals surface area (Å²) in [4.78, 5) is 1.38. The summed E-state index contributed by atoms with van der Waals surface area (Å²) >= 11 is 1.79. The third-order valence-electron chi connectivity index (χ3n) is 2.19. The molecule has 0 saturated carbocycles. The topological polar surface area (TPSA) is 32.3 Å². The Morgan fingerprint density at radius 2 is 2.29 bits per heavy atom. The molecule has 0 spiro atoms. The molecule has 0 aromatic carbocycles. The van der Waals surface area contributed by atoms with Crippen molar-refractivity contribution in [3.8, 4) is 0 Å². The minimum Gasteiger partial charge on any atom is -0.392 e. The second-order valence-corrected chi connectivity index (χ2v) is 5.29. The summed E-state index contributed by atoms with van der Waals surface area (Å²) in [5.41, 5.74) is 0.156. The molecular weight excluding hydrogens is 194 g/mol. The Morgan fingerprint density at radius 1 is 1.57 bits per heavy atom. The zero-order chi connectivity index (χ0) is 10.6. The van der Waals surface area contributed by atoms with Crippen LogP contribution in [-0.4, -0.2) is 24.3 Å². The van der Waals surface area contributed by atoms with Crippen LogP contribution in [-0.2, 0) is 5.41 Å². The molecule has 0 amide bonds. The summed E-state index contributed by atoms with van der Waals surface area (Å²) in [6, 6.07) is 4.24. The van der Waals surface area contributed by atoms with Crippen LogP contribution in [0.25, 0.3) is 0 Å². The summed E-state index contributed by atoms with van der Waals surface area (Å²) in [6.07, 6.45) is -0.269. The van der Waals surface area contributed by atoms with Crippen molar-refractivity contribution >= 4 is 11.3 Å². The molecular formula is C11H19NOS. The average Bonchev–Trinajstić information content (AvgIpc) is 2.54. The second kappa shape index (κ2) is 4.91. The zero-order valence-corrected chi connectivity index (χ0v) is 9.90. The Balaban J connectivity index is 2.42. The molecule has 1 aromatic rings. The first-order chi connectivity index (χ1) is 6.52. The van der Waals surface area contributed by atoms with Crippen LogP contribution in [0.4, 0.5) is 0 Å². The minimum atomic E-state index is -0.269. The number of aliphatic hydroxyl groups is 1. The van der Waals surface area contributed by atoms with Crippen molar-refractivity contribution in [2.75, 3.05) is 13.1 Å². The predicted molar refractivity (Wildman–Crippen MR) is 61.9 cm³/mol. The van der Waals surface area contributed by atoms with Crippen LogP contribution in [0.2, 0.25) is 0 Å². The molecule has 2 nitrogen and oxygen atoms in total. The Labute approximate surface area is 90.0 Å². The van der Waals surface area contributed by atoms with Gasteiger partial charge in [0.25, 0.3) is 0 Å². The molecule has 1 aromatic heterocycles. The quantitative estimate of drug-likeness (QED) is 0.784. The molecule has 0 bridgehead atoms. The van der Waals surface area contributed by atoms with Crippen LogP contribution in [0.3, 0.4) is 0 Å². The normalized spacial score (nSPS) is 14.3. The highest BCUT2D eigenvalue weighted by Gasteiger charge is 2.20. The number of aliphatic hydroxyl groups excluding tert-OH is 1. The molecule has 0 aliphatic heterocycles. The predicted octanol–water partition coefficient (Wildman–Crippen LogP) is 2.00. The van der Waals surface area contributed by atoms with Crippen LogP contribution in [0.1, 0.15) is 25.6 Å². The maximum absolute atomic E-state index is 9.12. The maximum Gasteiger partial charge on any atom is 0.0636 e. The molecule has 0 aliphatic carbocycles. The minimum absolute atomic E-state index is 0.156. The zero-order valence-electron chi connectivity index (χ0n) is 9.08. The van der Waals surface area contributed by atoms with Crippen molar-refractivity contribution in [1.29, 1.82) is 0 Å². The summed E-state index contributed by atoms with van der Waals surface area (Å²) in [6.45, 7) is 7.79. The van der Waals surface area contributed by atoms with Gasteiger partial charge in [-0.1, -0.05) is 19.9 Å². The number of thiophene rings is 1. The fourth-order valence-electron chi connectivity index (χ4n) is 1.34. The first-order valence-corrected chi connectivity index (χ1v) is 5.83. The number of hydrogen-bond acceptors (Lipinski definition) is 3. The van der Waals surface area contributed by atoms with Crippen LogP contribution in [0, 0.1) is 0 Å². The van der Waals surface area contributed by atoms with Gasteiger partial charge in [-0.3, -0.25) is 0 Å². The van der Waals surface area contributed by atoms with E-state index in [0.29, 0.717) is 6.54 Å². The van der Waals surface area contributed by atoms with Gasteiger partial charge in [0, 0.05) is 23.4 Å². The van der Waals surface area contributed by atoms with E-state index in [1.165, 1.54) is 4.88 Å². The smallest absolute Gasteiger partial charge is 0.0636 e. The SMILES string of the molecule is C[C@H](O)CNCC(C)(C)c1cccs1. The molecule has 3 heteroatoms. The molecule has 0 aliphatic rings. The lowest BCUT2D eigenvalue weighted by atomic mass is 9.91. The molecule has 0 saturated heterocycles. The summed E-state index contributed by atoms with van der Waals surface area (Å²) in [5.74, 6) is 0. The Bertz CT molecular complexity index is 254. The van der Waals surface area contributed by atoms with Gasteiger partial charge in [0.1, 0.15) is 0 Å². The monoisotopic (exact) mass is 213 g/mol. The Morgan fingerprint density at radius 3 is 2.79 bits per heavy atom. The fraction of sp³-hybridized carbons (Fsp3) is 0.636. The molecule has 1 rings (SSSR count). The second-order valence-electron chi connectivity index (χ2n) is 4.34. The average molecular weight is 213 g/mol. The van der Waals surface area contributed by atoms with Crippen molar-refractivity contribution in [3.05, 3.63) is 22.4 Å². The van der Waals surface area contributed by atoms with E-state index >= 15 is 0 Å². The number of nitrogens with one attached hydrogen (secondary N) is 1. The van der Waals surface area contributed by atoms with E-state index in [4.69, 9.17) is 5.11 Å². The third kappa shape index (κ3) is 3.40. The highest BCUT2D eigenvalue weighted by molar-refractivity contribution is 7.10. The van der Waals surface area contributed by atoms with Crippen molar-refractivity contribution < 1.29 is 5.11 Å². The van der Waals surface area contributed by atoms with Gasteiger partial charge in [-0.05, 0) is 18.4 Å². The van der Waals surface area contributed by atoms with E-state index in [1.807, 2.05) is 0 Å². The van der Waals surface area contributed by atoms with Gasteiger partial charge in [0.05, 0.1) is 6.10 Å². The lowest BCUT2D eigenvalue weighted by Crippen LogP contribution is -2.35. The number of hydrogen-bond donors (Lipinski definition) is 2. The van der Waals surface area contributed by atoms with Gasteiger partial charge in [-0.15, -0.1) is 11.3 Å². The summed E-state index contributed by atoms with van der Waals surface area (Å²) in [7, 11) is 0. The first kappa shape index (κ1) is 11.7. The van der Waals surface area contributed by atoms with E-state index in [1.54, 1.807) is 18.3 Å². The molecule has 80 valence electrons. The van der Waals surface area contributed by atoms with E-state index in [0.717, 1.165) is 6.54 Å². The standard InChI is InChI=1S/C11H19NOS/c1-9(13)7-12-8-11(2,3)10-5-4-6-14-10/h4-6,9,12-13H,7-8H2,1-3H3/t9-/m0/s1. The van der Waals surface area contributed by atoms with Crippen LogP contribution in [0.5, 0.6) is 0 Å². The first-order valence-electron chi connectivity index (χ1n) is 4.95. The highest BCUT2D eigenvalue weighted by Crippen LogP contribution is 2.26. The van der Waals surface area contributed by atoms with Crippen molar-refractivity contribution in [3.63, 3.8) is 0 Å².